The van der Waals surface area contributed by atoms with Gasteiger partial charge in [-0.1, -0.05) is 20.3 Å². The van der Waals surface area contributed by atoms with Crippen LogP contribution in [0.15, 0.2) is 0 Å². The van der Waals surface area contributed by atoms with Crippen molar-refractivity contribution in [2.75, 3.05) is 7.11 Å². The van der Waals surface area contributed by atoms with Gasteiger partial charge in [0.1, 0.15) is 0 Å². The van der Waals surface area contributed by atoms with E-state index in [0.717, 1.165) is 12.8 Å². The van der Waals surface area contributed by atoms with Crippen molar-refractivity contribution in [2.45, 2.75) is 39.5 Å². The number of esters is 1. The maximum atomic E-state index is 11.9. The summed E-state index contributed by atoms with van der Waals surface area (Å²) in [7, 11) is 1.37. The molecular weight excluding hydrogens is 208 g/mol. The molecule has 1 N–H and O–H groups in total. The first-order valence-corrected chi connectivity index (χ1v) is 5.75. The van der Waals surface area contributed by atoms with Gasteiger partial charge in [-0.25, -0.2) is 0 Å². The first-order valence-electron chi connectivity index (χ1n) is 5.75. The summed E-state index contributed by atoms with van der Waals surface area (Å²) in [5.74, 6) is -1.35. The van der Waals surface area contributed by atoms with Crippen molar-refractivity contribution in [3.8, 4) is 0 Å². The smallest absolute Gasteiger partial charge is 0.312 e. The summed E-state index contributed by atoms with van der Waals surface area (Å²) in [5.41, 5.74) is -0.601. The van der Waals surface area contributed by atoms with Crippen LogP contribution in [0.1, 0.15) is 39.5 Å². The molecule has 0 amide bonds. The molecule has 0 aromatic heterocycles. The summed E-state index contributed by atoms with van der Waals surface area (Å²) >= 11 is 0. The lowest BCUT2D eigenvalue weighted by Gasteiger charge is -2.40. The second kappa shape index (κ2) is 4.85. The second-order valence-corrected chi connectivity index (χ2v) is 4.93. The molecule has 0 bridgehead atoms. The molecule has 0 spiro atoms. The van der Waals surface area contributed by atoms with Crippen molar-refractivity contribution in [3.05, 3.63) is 0 Å². The van der Waals surface area contributed by atoms with Crippen molar-refractivity contribution in [2.24, 2.45) is 17.3 Å². The van der Waals surface area contributed by atoms with E-state index in [4.69, 9.17) is 9.84 Å². The predicted octanol–water partition coefficient (Wildman–Crippen LogP) is 2.08. The zero-order valence-electron chi connectivity index (χ0n) is 10.2. The summed E-state index contributed by atoms with van der Waals surface area (Å²) in [6.45, 7) is 3.92. The van der Waals surface area contributed by atoms with Crippen molar-refractivity contribution in [3.63, 3.8) is 0 Å². The molecule has 1 fully saturated rings. The lowest BCUT2D eigenvalue weighted by molar-refractivity contribution is -0.162. The van der Waals surface area contributed by atoms with Crippen LogP contribution in [0.25, 0.3) is 0 Å². The molecule has 16 heavy (non-hydrogen) atoms. The fourth-order valence-corrected chi connectivity index (χ4v) is 2.67. The number of carbonyl (C=O) groups is 2. The quantitative estimate of drug-likeness (QED) is 0.751. The second-order valence-electron chi connectivity index (χ2n) is 4.93. The van der Waals surface area contributed by atoms with Crippen LogP contribution >= 0.6 is 0 Å². The van der Waals surface area contributed by atoms with Gasteiger partial charge in [0.05, 0.1) is 18.4 Å². The van der Waals surface area contributed by atoms with E-state index >= 15 is 0 Å². The van der Waals surface area contributed by atoms with Crippen molar-refractivity contribution < 1.29 is 19.4 Å². The summed E-state index contributed by atoms with van der Waals surface area (Å²) < 4.78 is 4.85. The highest BCUT2D eigenvalue weighted by molar-refractivity contribution is 5.79. The number of carbonyl (C=O) groups excluding carboxylic acids is 1. The lowest BCUT2D eigenvalue weighted by atomic mass is 9.63. The van der Waals surface area contributed by atoms with Gasteiger partial charge >= 0.3 is 11.9 Å². The Morgan fingerprint density at radius 1 is 1.44 bits per heavy atom. The number of carboxylic acid groups (broad SMARTS) is 1. The van der Waals surface area contributed by atoms with E-state index in [-0.39, 0.29) is 11.9 Å². The molecule has 92 valence electrons. The van der Waals surface area contributed by atoms with E-state index < -0.39 is 17.3 Å². The van der Waals surface area contributed by atoms with E-state index in [9.17, 15) is 9.59 Å². The molecule has 0 saturated heterocycles. The first kappa shape index (κ1) is 13.0. The Balaban J connectivity index is 2.93. The summed E-state index contributed by atoms with van der Waals surface area (Å²) in [5, 5.41) is 9.05. The maximum absolute atomic E-state index is 11.9. The SMILES string of the molecule is COC(=O)[C@]1(C(C)C)CCC[C@H](C(=O)O)C1. The van der Waals surface area contributed by atoms with Gasteiger partial charge < -0.3 is 9.84 Å². The Hall–Kier alpha value is -1.06. The average Bonchev–Trinajstić information content (AvgIpc) is 2.27. The average molecular weight is 228 g/mol. The number of methoxy groups -OCH3 is 1. The molecule has 0 unspecified atom stereocenters. The number of carboxylic acids is 1. The molecule has 0 aromatic carbocycles. The summed E-state index contributed by atoms with van der Waals surface area (Å²) in [6, 6.07) is 0. The number of aliphatic carboxylic acids is 1. The number of ether oxygens (including phenoxy) is 1. The van der Waals surface area contributed by atoms with Gasteiger partial charge in [-0.15, -0.1) is 0 Å². The zero-order valence-corrected chi connectivity index (χ0v) is 10.2. The van der Waals surface area contributed by atoms with Crippen LogP contribution in [0, 0.1) is 17.3 Å². The lowest BCUT2D eigenvalue weighted by Crippen LogP contribution is -2.43. The Kier molecular flexibility index (Phi) is 3.94. The predicted molar refractivity (Wildman–Crippen MR) is 58.9 cm³/mol. The summed E-state index contributed by atoms with van der Waals surface area (Å²) in [6.07, 6.45) is 2.60. The van der Waals surface area contributed by atoms with E-state index in [1.54, 1.807) is 0 Å². The normalized spacial score (nSPS) is 30.1. The van der Waals surface area contributed by atoms with Crippen LogP contribution in [0.5, 0.6) is 0 Å². The van der Waals surface area contributed by atoms with Crippen LogP contribution in [-0.4, -0.2) is 24.2 Å². The minimum Gasteiger partial charge on any atom is -0.481 e. The van der Waals surface area contributed by atoms with Crippen molar-refractivity contribution >= 4 is 11.9 Å². The molecule has 4 nitrogen and oxygen atoms in total. The third-order valence-corrected chi connectivity index (χ3v) is 3.83. The van der Waals surface area contributed by atoms with Crippen molar-refractivity contribution in [1.82, 2.24) is 0 Å². The molecule has 1 aliphatic carbocycles. The largest absolute Gasteiger partial charge is 0.481 e. The van der Waals surface area contributed by atoms with Crippen LogP contribution in [0.2, 0.25) is 0 Å². The molecule has 1 rings (SSSR count). The Morgan fingerprint density at radius 3 is 2.50 bits per heavy atom. The van der Waals surface area contributed by atoms with Gasteiger partial charge in [0.2, 0.25) is 0 Å². The highest BCUT2D eigenvalue weighted by Crippen LogP contribution is 2.45. The molecule has 4 heteroatoms. The van der Waals surface area contributed by atoms with Gasteiger partial charge in [0, 0.05) is 0 Å². The Morgan fingerprint density at radius 2 is 2.06 bits per heavy atom. The fraction of sp³-hybridized carbons (Fsp3) is 0.833. The fourth-order valence-electron chi connectivity index (χ4n) is 2.67. The Labute approximate surface area is 96.0 Å². The summed E-state index contributed by atoms with van der Waals surface area (Å²) in [4.78, 5) is 22.9. The van der Waals surface area contributed by atoms with E-state index in [0.29, 0.717) is 12.8 Å². The number of hydrogen-bond acceptors (Lipinski definition) is 3. The third kappa shape index (κ3) is 2.20. The Bertz CT molecular complexity index is 285. The molecule has 0 heterocycles. The van der Waals surface area contributed by atoms with Gasteiger partial charge in [0.15, 0.2) is 0 Å². The standard InChI is InChI=1S/C12H20O4/c1-8(2)12(11(15)16-3)6-4-5-9(7-12)10(13)14/h8-9H,4-7H2,1-3H3,(H,13,14)/t9-,12+/m0/s1. The van der Waals surface area contributed by atoms with Gasteiger partial charge in [0.25, 0.3) is 0 Å². The molecule has 0 aromatic rings. The maximum Gasteiger partial charge on any atom is 0.312 e. The minimum atomic E-state index is -0.798. The van der Waals surface area contributed by atoms with Crippen LogP contribution < -0.4 is 0 Å². The molecule has 0 aliphatic heterocycles. The van der Waals surface area contributed by atoms with Crippen LogP contribution in [-0.2, 0) is 14.3 Å². The monoisotopic (exact) mass is 228 g/mol. The van der Waals surface area contributed by atoms with E-state index in [2.05, 4.69) is 0 Å². The van der Waals surface area contributed by atoms with E-state index in [1.165, 1.54) is 7.11 Å². The molecule has 1 aliphatic rings. The third-order valence-electron chi connectivity index (χ3n) is 3.83. The van der Waals surface area contributed by atoms with Gasteiger partial charge in [-0.05, 0) is 25.2 Å². The first-order chi connectivity index (χ1) is 7.44. The van der Waals surface area contributed by atoms with Gasteiger partial charge in [-0.2, -0.15) is 0 Å². The zero-order chi connectivity index (χ0) is 12.3. The topological polar surface area (TPSA) is 63.6 Å². The molecular formula is C12H20O4. The highest BCUT2D eigenvalue weighted by Gasteiger charge is 2.47. The number of rotatable bonds is 3. The molecule has 1 saturated carbocycles. The minimum absolute atomic E-state index is 0.113. The van der Waals surface area contributed by atoms with Crippen LogP contribution in [0.4, 0.5) is 0 Å². The highest BCUT2D eigenvalue weighted by atomic mass is 16.5. The van der Waals surface area contributed by atoms with Crippen molar-refractivity contribution in [1.29, 1.82) is 0 Å². The molecule has 0 radical (unpaired) electrons. The van der Waals surface area contributed by atoms with Crippen LogP contribution in [0.3, 0.4) is 0 Å². The number of hydrogen-bond donors (Lipinski definition) is 1. The molecule has 2 atom stereocenters. The van der Waals surface area contributed by atoms with Gasteiger partial charge in [-0.3, -0.25) is 9.59 Å². The van der Waals surface area contributed by atoms with E-state index in [1.807, 2.05) is 13.8 Å².